The second kappa shape index (κ2) is 14.7. The van der Waals surface area contributed by atoms with E-state index in [0.717, 1.165) is 28.7 Å². The number of carbonyl (C=O) groups is 4. The minimum atomic E-state index is -1.13. The highest BCUT2D eigenvalue weighted by atomic mass is 16.6. The number of nitrogens with one attached hydrogen (secondary N) is 2. The lowest BCUT2D eigenvalue weighted by Crippen LogP contribution is -2.53. The third kappa shape index (κ3) is 9.62. The van der Waals surface area contributed by atoms with Crippen molar-refractivity contribution in [1.82, 2.24) is 10.2 Å². The molecule has 2 aromatic carbocycles. The Balaban J connectivity index is 2.65. The van der Waals surface area contributed by atoms with Crippen LogP contribution in [0.3, 0.4) is 0 Å². The van der Waals surface area contributed by atoms with Crippen molar-refractivity contribution in [2.75, 3.05) is 11.9 Å². The Hall–Kier alpha value is -3.88. The maximum absolute atomic E-state index is 14.3. The van der Waals surface area contributed by atoms with E-state index >= 15 is 0 Å². The van der Waals surface area contributed by atoms with E-state index in [0.29, 0.717) is 17.7 Å². The molecular formula is C32H46N4O5. The Morgan fingerprint density at radius 1 is 0.927 bits per heavy atom. The molecule has 0 bridgehead atoms. The van der Waals surface area contributed by atoms with E-state index in [2.05, 4.69) is 10.6 Å². The highest BCUT2D eigenvalue weighted by Crippen LogP contribution is 2.31. The number of hydrogen-bond acceptors (Lipinski definition) is 5. The fourth-order valence-electron chi connectivity index (χ4n) is 4.78. The van der Waals surface area contributed by atoms with Gasteiger partial charge in [0, 0.05) is 18.7 Å². The Kier molecular flexibility index (Phi) is 11.9. The lowest BCUT2D eigenvalue weighted by Gasteiger charge is -2.36. The fourth-order valence-corrected chi connectivity index (χ4v) is 4.78. The standard InChI is InChI=1S/C32H46N4O5/c1-9-10-19-36(30(39)24(17-18-25(33)37)34-31(40)41-32(6,7)8)28(26-20(2)13-11-14-21(26)3)29(38)35-27-22(4)15-12-16-23(27)5/h11-16,24,28H,9-10,17-19H2,1-8H3,(H2,33,37)(H,34,40)(H,35,38). The first-order valence-corrected chi connectivity index (χ1v) is 14.2. The largest absolute Gasteiger partial charge is 0.444 e. The number of rotatable bonds is 12. The second-order valence-electron chi connectivity index (χ2n) is 11.6. The van der Waals surface area contributed by atoms with Gasteiger partial charge in [0.05, 0.1) is 0 Å². The van der Waals surface area contributed by atoms with Crippen molar-refractivity contribution in [2.45, 2.75) is 98.8 Å². The van der Waals surface area contributed by atoms with Crippen LogP contribution in [0.5, 0.6) is 0 Å². The van der Waals surface area contributed by atoms with Gasteiger partial charge in [-0.25, -0.2) is 4.79 Å². The molecule has 2 unspecified atom stereocenters. The number of aryl methyl sites for hydroxylation is 4. The van der Waals surface area contributed by atoms with Crippen molar-refractivity contribution in [3.63, 3.8) is 0 Å². The van der Waals surface area contributed by atoms with Gasteiger partial charge in [-0.1, -0.05) is 49.7 Å². The Bertz CT molecular complexity index is 1210. The first-order chi connectivity index (χ1) is 19.2. The molecule has 0 aliphatic rings. The summed E-state index contributed by atoms with van der Waals surface area (Å²) in [7, 11) is 0. The van der Waals surface area contributed by atoms with Gasteiger partial charge in [-0.2, -0.15) is 0 Å². The summed E-state index contributed by atoms with van der Waals surface area (Å²) >= 11 is 0. The van der Waals surface area contributed by atoms with E-state index < -0.39 is 35.6 Å². The molecule has 9 nitrogen and oxygen atoms in total. The lowest BCUT2D eigenvalue weighted by atomic mass is 9.93. The predicted molar refractivity (Wildman–Crippen MR) is 161 cm³/mol. The van der Waals surface area contributed by atoms with Crippen molar-refractivity contribution in [3.8, 4) is 0 Å². The summed E-state index contributed by atoms with van der Waals surface area (Å²) in [6, 6.07) is 9.36. The Morgan fingerprint density at radius 2 is 1.46 bits per heavy atom. The van der Waals surface area contributed by atoms with Crippen molar-refractivity contribution in [3.05, 3.63) is 64.2 Å². The van der Waals surface area contributed by atoms with E-state index in [9.17, 15) is 19.2 Å². The molecule has 0 aliphatic carbocycles. The van der Waals surface area contributed by atoms with Crippen LogP contribution in [-0.2, 0) is 19.1 Å². The number of nitrogens with zero attached hydrogens (tertiary/aromatic N) is 1. The number of alkyl carbamates (subject to hydrolysis) is 1. The lowest BCUT2D eigenvalue weighted by molar-refractivity contribution is -0.141. The van der Waals surface area contributed by atoms with Crippen molar-refractivity contribution < 1.29 is 23.9 Å². The van der Waals surface area contributed by atoms with Gasteiger partial charge in [0.15, 0.2) is 0 Å². The molecule has 4 N–H and O–H groups in total. The zero-order valence-corrected chi connectivity index (χ0v) is 25.7. The summed E-state index contributed by atoms with van der Waals surface area (Å²) in [6.07, 6.45) is 0.440. The van der Waals surface area contributed by atoms with Crippen LogP contribution < -0.4 is 16.4 Å². The number of primary amides is 1. The topological polar surface area (TPSA) is 131 Å². The molecule has 2 rings (SSSR count). The monoisotopic (exact) mass is 566 g/mol. The van der Waals surface area contributed by atoms with Gasteiger partial charge >= 0.3 is 6.09 Å². The number of nitrogens with two attached hydrogens (primary N) is 1. The first-order valence-electron chi connectivity index (χ1n) is 14.2. The quantitative estimate of drug-likeness (QED) is 0.317. The Labute approximate surface area is 244 Å². The molecule has 0 spiro atoms. The molecule has 4 amide bonds. The maximum atomic E-state index is 14.3. The third-order valence-corrected chi connectivity index (χ3v) is 6.81. The smallest absolute Gasteiger partial charge is 0.408 e. The highest BCUT2D eigenvalue weighted by Gasteiger charge is 2.37. The van der Waals surface area contributed by atoms with Gasteiger partial charge < -0.3 is 26.0 Å². The van der Waals surface area contributed by atoms with Crippen molar-refractivity contribution in [1.29, 1.82) is 0 Å². The summed E-state index contributed by atoms with van der Waals surface area (Å²) in [6.45, 7) is 15.1. The number of anilines is 1. The summed E-state index contributed by atoms with van der Waals surface area (Å²) < 4.78 is 5.41. The molecule has 0 fully saturated rings. The summed E-state index contributed by atoms with van der Waals surface area (Å²) in [5.74, 6) is -1.46. The minimum absolute atomic E-state index is 0.0337. The molecule has 0 aromatic heterocycles. The van der Waals surface area contributed by atoms with Crippen molar-refractivity contribution >= 4 is 29.5 Å². The molecule has 0 radical (unpaired) electrons. The number of carbonyl (C=O) groups excluding carboxylic acids is 4. The molecule has 224 valence electrons. The second-order valence-corrected chi connectivity index (χ2v) is 11.6. The number of benzene rings is 2. The fraction of sp³-hybridized carbons (Fsp3) is 0.500. The number of ether oxygens (including phenoxy) is 1. The van der Waals surface area contributed by atoms with Crippen LogP contribution >= 0.6 is 0 Å². The van der Waals surface area contributed by atoms with E-state index in [4.69, 9.17) is 10.5 Å². The molecule has 2 atom stereocenters. The van der Waals surface area contributed by atoms with Gasteiger partial charge in [-0.05, 0) is 89.1 Å². The van der Waals surface area contributed by atoms with E-state index in [1.807, 2.05) is 71.0 Å². The van der Waals surface area contributed by atoms with Crippen molar-refractivity contribution in [2.24, 2.45) is 5.73 Å². The van der Waals surface area contributed by atoms with Crippen LogP contribution in [0.2, 0.25) is 0 Å². The van der Waals surface area contributed by atoms with Crippen LogP contribution in [0.15, 0.2) is 36.4 Å². The van der Waals surface area contributed by atoms with Gasteiger partial charge in [0.25, 0.3) is 5.91 Å². The van der Waals surface area contributed by atoms with E-state index in [-0.39, 0.29) is 25.3 Å². The molecule has 9 heteroatoms. The van der Waals surface area contributed by atoms with Crippen LogP contribution in [0.1, 0.15) is 87.2 Å². The SMILES string of the molecule is CCCCN(C(=O)C(CCC(N)=O)NC(=O)OC(C)(C)C)C(C(=O)Nc1c(C)cccc1C)c1c(C)cccc1C. The van der Waals surface area contributed by atoms with Gasteiger partial charge in [0.1, 0.15) is 17.7 Å². The Morgan fingerprint density at radius 3 is 1.95 bits per heavy atom. The zero-order chi connectivity index (χ0) is 30.9. The summed E-state index contributed by atoms with van der Waals surface area (Å²) in [5, 5.41) is 5.72. The number of para-hydroxylation sites is 1. The first kappa shape index (κ1) is 33.3. The number of unbranched alkanes of at least 4 members (excludes halogenated alkanes) is 1. The number of hydrogen-bond donors (Lipinski definition) is 3. The van der Waals surface area contributed by atoms with Crippen LogP contribution in [0.4, 0.5) is 10.5 Å². The summed E-state index contributed by atoms with van der Waals surface area (Å²) in [4.78, 5) is 54.5. The average molecular weight is 567 g/mol. The molecule has 0 saturated carbocycles. The average Bonchev–Trinajstić information content (AvgIpc) is 2.86. The molecule has 41 heavy (non-hydrogen) atoms. The molecule has 0 aliphatic heterocycles. The molecule has 0 heterocycles. The van der Waals surface area contributed by atoms with Crippen LogP contribution in [-0.4, -0.2) is 46.9 Å². The zero-order valence-electron chi connectivity index (χ0n) is 25.7. The van der Waals surface area contributed by atoms with Crippen LogP contribution in [0, 0.1) is 27.7 Å². The molecule has 2 aromatic rings. The number of amides is 4. The van der Waals surface area contributed by atoms with E-state index in [1.54, 1.807) is 20.8 Å². The summed E-state index contributed by atoms with van der Waals surface area (Å²) in [5.41, 5.74) is 9.53. The highest BCUT2D eigenvalue weighted by molar-refractivity contribution is 6.00. The van der Waals surface area contributed by atoms with E-state index in [1.165, 1.54) is 4.90 Å². The predicted octanol–water partition coefficient (Wildman–Crippen LogP) is 5.39. The minimum Gasteiger partial charge on any atom is -0.444 e. The molecule has 0 saturated heterocycles. The maximum Gasteiger partial charge on any atom is 0.408 e. The van der Waals surface area contributed by atoms with Gasteiger partial charge in [-0.15, -0.1) is 0 Å². The normalized spacial score (nSPS) is 12.7. The third-order valence-electron chi connectivity index (χ3n) is 6.81. The van der Waals surface area contributed by atoms with Crippen LogP contribution in [0.25, 0.3) is 0 Å². The molecular weight excluding hydrogens is 520 g/mol. The van der Waals surface area contributed by atoms with Gasteiger partial charge in [-0.3, -0.25) is 14.4 Å². The van der Waals surface area contributed by atoms with Gasteiger partial charge in [0.2, 0.25) is 11.8 Å².